The Hall–Kier alpha value is -2.50. The van der Waals surface area contributed by atoms with Crippen molar-refractivity contribution < 1.29 is 24.2 Å². The van der Waals surface area contributed by atoms with Crippen LogP contribution in [0.15, 0.2) is 65.7 Å². The number of carbonyl (C=O) groups excluding carboxylic acids is 2. The molecule has 0 radical (unpaired) electrons. The van der Waals surface area contributed by atoms with Crippen LogP contribution in [0.1, 0.15) is 12.5 Å². The quantitative estimate of drug-likeness (QED) is 0.859. The fourth-order valence-electron chi connectivity index (χ4n) is 2.37. The molecule has 1 unspecified atom stereocenters. The van der Waals surface area contributed by atoms with Gasteiger partial charge >= 0.3 is 0 Å². The molecule has 1 N–H and O–H groups in total. The molecule has 0 spiro atoms. The highest BCUT2D eigenvalue weighted by Crippen LogP contribution is 2.31. The number of ether oxygens (including phenoxy) is 2. The molecule has 1 aromatic rings. The van der Waals surface area contributed by atoms with Crippen molar-refractivity contribution in [2.75, 3.05) is 6.61 Å². The minimum Gasteiger partial charge on any atom is -0.466 e. The Balaban J connectivity index is 1.68. The lowest BCUT2D eigenvalue weighted by molar-refractivity contribution is -0.144. The summed E-state index contributed by atoms with van der Waals surface area (Å²) in [6.07, 6.45) is 4.11. The second-order valence-corrected chi connectivity index (χ2v) is 5.60. The van der Waals surface area contributed by atoms with Crippen LogP contribution in [0.3, 0.4) is 0 Å². The van der Waals surface area contributed by atoms with Gasteiger partial charge in [-0.1, -0.05) is 30.3 Å². The Bertz CT molecular complexity index is 738. The zero-order chi connectivity index (χ0) is 16.4. The van der Waals surface area contributed by atoms with E-state index in [1.807, 2.05) is 30.3 Å². The van der Waals surface area contributed by atoms with Gasteiger partial charge in [0.15, 0.2) is 11.4 Å². The van der Waals surface area contributed by atoms with Crippen molar-refractivity contribution in [1.82, 2.24) is 0 Å². The monoisotopic (exact) mass is 312 g/mol. The maximum absolute atomic E-state index is 12.1. The molecule has 1 aromatic carbocycles. The van der Waals surface area contributed by atoms with Crippen LogP contribution >= 0.6 is 0 Å². The molecule has 1 aliphatic heterocycles. The van der Waals surface area contributed by atoms with Gasteiger partial charge in [-0.15, -0.1) is 0 Å². The average Bonchev–Trinajstić information content (AvgIpc) is 2.54. The maximum atomic E-state index is 12.1. The summed E-state index contributed by atoms with van der Waals surface area (Å²) < 4.78 is 10.9. The SMILES string of the molecule is CC1(O)C(=O)C=C2C=C(COCc3ccccc3)OC=C2C1=O. The van der Waals surface area contributed by atoms with Crippen molar-refractivity contribution in [2.24, 2.45) is 0 Å². The summed E-state index contributed by atoms with van der Waals surface area (Å²) in [5, 5.41) is 9.90. The Kier molecular flexibility index (Phi) is 3.98. The third-order valence-electron chi connectivity index (χ3n) is 3.76. The molecule has 1 atom stereocenters. The van der Waals surface area contributed by atoms with Crippen LogP contribution in [0.4, 0.5) is 0 Å². The van der Waals surface area contributed by atoms with Crippen molar-refractivity contribution in [3.05, 3.63) is 71.2 Å². The molecule has 2 aliphatic rings. The van der Waals surface area contributed by atoms with Gasteiger partial charge in [0.25, 0.3) is 0 Å². The van der Waals surface area contributed by atoms with Crippen LogP contribution in [0.2, 0.25) is 0 Å². The zero-order valence-electron chi connectivity index (χ0n) is 12.6. The van der Waals surface area contributed by atoms with E-state index in [4.69, 9.17) is 9.47 Å². The first-order valence-electron chi connectivity index (χ1n) is 7.21. The van der Waals surface area contributed by atoms with E-state index >= 15 is 0 Å². The lowest BCUT2D eigenvalue weighted by Crippen LogP contribution is -2.46. The van der Waals surface area contributed by atoms with E-state index in [9.17, 15) is 14.7 Å². The van der Waals surface area contributed by atoms with Crippen LogP contribution in [-0.4, -0.2) is 28.9 Å². The minimum atomic E-state index is -2.02. The molecule has 1 heterocycles. The van der Waals surface area contributed by atoms with Crippen molar-refractivity contribution in [1.29, 1.82) is 0 Å². The Morgan fingerprint density at radius 1 is 1.13 bits per heavy atom. The van der Waals surface area contributed by atoms with Crippen molar-refractivity contribution in [2.45, 2.75) is 19.1 Å². The number of rotatable bonds is 4. The highest BCUT2D eigenvalue weighted by molar-refractivity contribution is 6.25. The fourth-order valence-corrected chi connectivity index (χ4v) is 2.37. The molecule has 0 amide bonds. The van der Waals surface area contributed by atoms with E-state index in [-0.39, 0.29) is 12.2 Å². The molecule has 0 bridgehead atoms. The summed E-state index contributed by atoms with van der Waals surface area (Å²) in [6, 6.07) is 9.70. The largest absolute Gasteiger partial charge is 0.466 e. The lowest BCUT2D eigenvalue weighted by atomic mass is 9.81. The van der Waals surface area contributed by atoms with E-state index in [0.717, 1.165) is 5.56 Å². The number of fused-ring (bicyclic) bond motifs is 1. The molecule has 5 heteroatoms. The van der Waals surface area contributed by atoms with E-state index in [1.165, 1.54) is 19.3 Å². The van der Waals surface area contributed by atoms with E-state index in [2.05, 4.69) is 0 Å². The zero-order valence-corrected chi connectivity index (χ0v) is 12.6. The second-order valence-electron chi connectivity index (χ2n) is 5.60. The van der Waals surface area contributed by atoms with Gasteiger partial charge in [0, 0.05) is 0 Å². The van der Waals surface area contributed by atoms with Gasteiger partial charge in [-0.2, -0.15) is 0 Å². The first-order valence-corrected chi connectivity index (χ1v) is 7.21. The molecular weight excluding hydrogens is 296 g/mol. The summed E-state index contributed by atoms with van der Waals surface area (Å²) in [4.78, 5) is 23.9. The number of aliphatic hydroxyl groups is 1. The number of carbonyl (C=O) groups is 2. The van der Waals surface area contributed by atoms with Gasteiger partial charge in [0.05, 0.1) is 12.2 Å². The van der Waals surface area contributed by atoms with Crippen LogP contribution in [0.5, 0.6) is 0 Å². The van der Waals surface area contributed by atoms with E-state index in [0.29, 0.717) is 17.9 Å². The molecule has 0 aromatic heterocycles. The summed E-state index contributed by atoms with van der Waals surface area (Å²) in [5.41, 5.74) is -0.343. The molecule has 23 heavy (non-hydrogen) atoms. The van der Waals surface area contributed by atoms with Gasteiger partial charge in [0.2, 0.25) is 5.78 Å². The Labute approximate surface area is 133 Å². The lowest BCUT2D eigenvalue weighted by Gasteiger charge is -2.27. The third kappa shape index (κ3) is 3.02. The number of allylic oxidation sites excluding steroid dienone is 2. The number of Topliss-reactive ketones (excluding diaryl/α,β-unsaturated/α-hetero) is 1. The predicted octanol–water partition coefficient (Wildman–Crippen LogP) is 1.83. The van der Waals surface area contributed by atoms with Gasteiger partial charge in [-0.05, 0) is 30.2 Å². The van der Waals surface area contributed by atoms with Gasteiger partial charge in [0.1, 0.15) is 18.6 Å². The summed E-state index contributed by atoms with van der Waals surface area (Å²) in [7, 11) is 0. The first-order chi connectivity index (χ1) is 11.0. The first kappa shape index (κ1) is 15.4. The average molecular weight is 312 g/mol. The summed E-state index contributed by atoms with van der Waals surface area (Å²) in [6.45, 7) is 1.84. The van der Waals surface area contributed by atoms with Gasteiger partial charge < -0.3 is 14.6 Å². The molecule has 5 nitrogen and oxygen atoms in total. The van der Waals surface area contributed by atoms with Crippen molar-refractivity contribution in [3.63, 3.8) is 0 Å². The normalized spacial score (nSPS) is 23.5. The number of hydrogen-bond donors (Lipinski definition) is 1. The maximum Gasteiger partial charge on any atom is 0.205 e. The van der Waals surface area contributed by atoms with Gasteiger partial charge in [-0.25, -0.2) is 0 Å². The molecule has 0 fully saturated rings. The second kappa shape index (κ2) is 5.95. The molecule has 3 rings (SSSR count). The van der Waals surface area contributed by atoms with Gasteiger partial charge in [-0.3, -0.25) is 9.59 Å². The topological polar surface area (TPSA) is 72.8 Å². The highest BCUT2D eigenvalue weighted by atomic mass is 16.5. The fraction of sp³-hybridized carbons (Fsp3) is 0.222. The van der Waals surface area contributed by atoms with Crippen molar-refractivity contribution in [3.8, 4) is 0 Å². The van der Waals surface area contributed by atoms with Crippen LogP contribution < -0.4 is 0 Å². The Morgan fingerprint density at radius 2 is 1.87 bits per heavy atom. The number of benzene rings is 1. The van der Waals surface area contributed by atoms with Crippen LogP contribution in [-0.2, 0) is 25.7 Å². The predicted molar refractivity (Wildman–Crippen MR) is 82.1 cm³/mol. The third-order valence-corrected chi connectivity index (χ3v) is 3.76. The summed E-state index contributed by atoms with van der Waals surface area (Å²) in [5.74, 6) is -0.782. The van der Waals surface area contributed by atoms with Crippen LogP contribution in [0.25, 0.3) is 0 Å². The molecular formula is C18H16O5. The minimum absolute atomic E-state index is 0.196. The smallest absolute Gasteiger partial charge is 0.205 e. The number of ketones is 2. The molecule has 0 saturated heterocycles. The summed E-state index contributed by atoms with van der Waals surface area (Å²) >= 11 is 0. The van der Waals surface area contributed by atoms with Crippen LogP contribution in [0, 0.1) is 0 Å². The molecule has 118 valence electrons. The Morgan fingerprint density at radius 3 is 2.61 bits per heavy atom. The molecule has 1 aliphatic carbocycles. The standard InChI is InChI=1S/C18H16O5/c1-18(21)16(19)8-13-7-14(23-11-15(13)17(18)20)10-22-9-12-5-3-2-4-6-12/h2-8,11,21H,9-10H2,1H3. The molecule has 0 saturated carbocycles. The highest BCUT2D eigenvalue weighted by Gasteiger charge is 2.44. The van der Waals surface area contributed by atoms with Crippen molar-refractivity contribution >= 4 is 11.6 Å². The number of hydrogen-bond acceptors (Lipinski definition) is 5. The van der Waals surface area contributed by atoms with E-state index in [1.54, 1.807) is 6.08 Å². The van der Waals surface area contributed by atoms with E-state index < -0.39 is 17.2 Å².